The number of benzene rings is 3. The van der Waals surface area contributed by atoms with Crippen molar-refractivity contribution in [1.82, 2.24) is 0 Å². The summed E-state index contributed by atoms with van der Waals surface area (Å²) in [4.78, 5) is 5.76. The molecule has 0 radical (unpaired) electrons. The summed E-state index contributed by atoms with van der Waals surface area (Å²) in [6.07, 6.45) is 7.29. The van der Waals surface area contributed by atoms with Crippen LogP contribution in [0.15, 0.2) is 114 Å². The molecule has 0 saturated heterocycles. The van der Waals surface area contributed by atoms with Crippen molar-refractivity contribution >= 4 is 22.6 Å². The topological polar surface area (TPSA) is 31.4 Å². The fraction of sp³-hybridized carbons (Fsp3) is 0.212. The summed E-state index contributed by atoms with van der Waals surface area (Å²) in [5, 5.41) is 9.44. The van der Waals surface area contributed by atoms with Gasteiger partial charge < -0.3 is 4.90 Å². The van der Waals surface area contributed by atoms with Crippen molar-refractivity contribution in [2.24, 2.45) is 11.3 Å². The maximum Gasteiger partial charge on any atom is 0.265 e. The molecule has 0 saturated carbocycles. The van der Waals surface area contributed by atoms with Gasteiger partial charge in [-0.2, -0.15) is 0 Å². The fourth-order valence-electron chi connectivity index (χ4n) is 5.67. The molecule has 1 atom stereocenters. The molecule has 0 N–H and O–H groups in total. The first-order valence-corrected chi connectivity index (χ1v) is 12.4. The van der Waals surface area contributed by atoms with Crippen LogP contribution in [0.25, 0.3) is 10.4 Å². The van der Waals surface area contributed by atoms with Crippen LogP contribution in [0.3, 0.4) is 0 Å². The Kier molecular flexibility index (Phi) is 6.32. The Balaban J connectivity index is 1.50. The lowest BCUT2D eigenvalue weighted by atomic mass is 9.62. The summed E-state index contributed by atoms with van der Waals surface area (Å²) in [5.74, 6) is 0.446. The normalized spacial score (nSPS) is 19.6. The van der Waals surface area contributed by atoms with Gasteiger partial charge in [-0.3, -0.25) is 0 Å². The maximum absolute atomic E-state index is 9.44. The van der Waals surface area contributed by atoms with Crippen molar-refractivity contribution in [2.45, 2.75) is 33.1 Å². The van der Waals surface area contributed by atoms with Crippen LogP contribution in [0.5, 0.6) is 0 Å². The van der Waals surface area contributed by atoms with E-state index in [1.54, 1.807) is 0 Å². The van der Waals surface area contributed by atoms with Crippen molar-refractivity contribution in [1.29, 1.82) is 5.26 Å². The van der Waals surface area contributed by atoms with E-state index in [0.29, 0.717) is 5.92 Å². The quantitative estimate of drug-likeness (QED) is 0.283. The van der Waals surface area contributed by atoms with Crippen LogP contribution in [0.2, 0.25) is 0 Å². The molecular weight excluding hydrogens is 438 g/mol. The first-order valence-electron chi connectivity index (χ1n) is 12.4. The van der Waals surface area contributed by atoms with Crippen LogP contribution in [0.4, 0.5) is 17.1 Å². The highest BCUT2D eigenvalue weighted by atomic mass is 15.1. The average molecular weight is 468 g/mol. The van der Waals surface area contributed by atoms with E-state index >= 15 is 0 Å². The van der Waals surface area contributed by atoms with E-state index in [9.17, 15) is 5.26 Å². The number of para-hydroxylation sites is 2. The van der Waals surface area contributed by atoms with E-state index in [1.165, 1.54) is 16.7 Å². The third kappa shape index (κ3) is 4.49. The minimum Gasteiger partial charge on any atom is -0.311 e. The number of rotatable bonds is 4. The van der Waals surface area contributed by atoms with E-state index in [1.807, 2.05) is 12.1 Å². The number of nitrogens with zero attached hydrogens (tertiary/aromatic N) is 3. The first kappa shape index (κ1) is 23.4. The van der Waals surface area contributed by atoms with Gasteiger partial charge in [-0.05, 0) is 89.3 Å². The molecule has 5 rings (SSSR count). The molecule has 0 spiro atoms. The Morgan fingerprint density at radius 3 is 2.03 bits per heavy atom. The largest absolute Gasteiger partial charge is 0.311 e. The summed E-state index contributed by atoms with van der Waals surface area (Å²) < 4.78 is 0. The van der Waals surface area contributed by atoms with Gasteiger partial charge in [0.1, 0.15) is 0 Å². The van der Waals surface area contributed by atoms with Gasteiger partial charge in [0.05, 0.1) is 12.6 Å². The lowest BCUT2D eigenvalue weighted by Crippen LogP contribution is -2.31. The zero-order chi connectivity index (χ0) is 25.1. The van der Waals surface area contributed by atoms with Crippen LogP contribution in [0, 0.1) is 29.2 Å². The fourth-order valence-corrected chi connectivity index (χ4v) is 5.67. The second-order valence-electron chi connectivity index (χ2n) is 10.2. The molecule has 0 bridgehead atoms. The number of anilines is 3. The van der Waals surface area contributed by atoms with E-state index in [0.717, 1.165) is 41.9 Å². The number of allylic oxidation sites excluding steroid dienone is 6. The third-order valence-electron chi connectivity index (χ3n) is 7.42. The van der Waals surface area contributed by atoms with Gasteiger partial charge in [0.2, 0.25) is 0 Å². The lowest BCUT2D eigenvalue weighted by molar-refractivity contribution is 0.227. The minimum absolute atomic E-state index is 0.0317. The number of hydrogen-bond donors (Lipinski definition) is 0. The second-order valence-corrected chi connectivity index (χ2v) is 10.2. The molecule has 0 aliphatic heterocycles. The van der Waals surface area contributed by atoms with Crippen molar-refractivity contribution in [3.8, 4) is 6.07 Å². The Morgan fingerprint density at radius 2 is 1.47 bits per heavy atom. The predicted octanol–water partition coefficient (Wildman–Crippen LogP) is 9.00. The predicted molar refractivity (Wildman–Crippen MR) is 148 cm³/mol. The van der Waals surface area contributed by atoms with Gasteiger partial charge in [0.15, 0.2) is 0 Å². The Hall–Kier alpha value is -4.34. The molecule has 0 heterocycles. The van der Waals surface area contributed by atoms with Crippen LogP contribution >= 0.6 is 0 Å². The highest BCUT2D eigenvalue weighted by Gasteiger charge is 2.38. The Morgan fingerprint density at radius 1 is 0.889 bits per heavy atom. The second kappa shape index (κ2) is 9.73. The summed E-state index contributed by atoms with van der Waals surface area (Å²) in [5.41, 5.74) is 8.27. The molecule has 0 amide bonds. The molecular formula is C33H29N3. The molecule has 2 aliphatic carbocycles. The summed E-state index contributed by atoms with van der Waals surface area (Å²) >= 11 is 0. The summed E-state index contributed by atoms with van der Waals surface area (Å²) in [7, 11) is 0. The number of fused-ring (bicyclic) bond motifs is 1. The first-order chi connectivity index (χ1) is 17.5. The van der Waals surface area contributed by atoms with Crippen molar-refractivity contribution in [3.63, 3.8) is 0 Å². The zero-order valence-corrected chi connectivity index (χ0v) is 20.8. The van der Waals surface area contributed by atoms with Crippen molar-refractivity contribution in [3.05, 3.63) is 131 Å². The van der Waals surface area contributed by atoms with Crippen molar-refractivity contribution in [2.75, 3.05) is 4.90 Å². The van der Waals surface area contributed by atoms with Gasteiger partial charge in [-0.25, -0.2) is 10.1 Å². The SMILES string of the molecule is [C-]#[N+]/C(C#N)=C1\C=C2C=C(c3ccc(N(c4ccccc4)c4ccccc4)cc3)CCC2C(C)(C)C1. The van der Waals surface area contributed by atoms with Gasteiger partial charge in [0, 0.05) is 17.1 Å². The Labute approximate surface area is 214 Å². The lowest BCUT2D eigenvalue weighted by Gasteiger charge is -2.42. The molecule has 1 unspecified atom stereocenters. The van der Waals surface area contributed by atoms with Crippen LogP contribution in [-0.2, 0) is 0 Å². The Bertz CT molecular complexity index is 1370. The van der Waals surface area contributed by atoms with Gasteiger partial charge >= 0.3 is 0 Å². The standard InChI is InChI=1S/C33H29N3/c1-33(2)22-27(32(23-34)35-3)21-26-20-25(16-19-31(26)33)24-14-17-30(18-15-24)36(28-10-6-4-7-11-28)29-12-8-5-9-13-29/h4-15,17-18,20-21,31H,16,19,22H2,1-2H3/b32-27+. The van der Waals surface area contributed by atoms with E-state index in [-0.39, 0.29) is 11.1 Å². The van der Waals surface area contributed by atoms with E-state index < -0.39 is 0 Å². The van der Waals surface area contributed by atoms with Crippen LogP contribution < -0.4 is 4.90 Å². The number of hydrogen-bond acceptors (Lipinski definition) is 2. The molecule has 176 valence electrons. The molecule has 3 aromatic carbocycles. The van der Waals surface area contributed by atoms with Crippen molar-refractivity contribution < 1.29 is 0 Å². The molecule has 2 aliphatic rings. The average Bonchev–Trinajstić information content (AvgIpc) is 2.90. The van der Waals surface area contributed by atoms with E-state index in [2.05, 4.69) is 115 Å². The molecule has 3 heteroatoms. The molecule has 3 nitrogen and oxygen atoms in total. The maximum atomic E-state index is 9.44. The zero-order valence-electron chi connectivity index (χ0n) is 20.8. The summed E-state index contributed by atoms with van der Waals surface area (Å²) in [6, 6.07) is 31.8. The molecule has 0 fully saturated rings. The van der Waals surface area contributed by atoms with Gasteiger partial charge in [-0.15, -0.1) is 0 Å². The highest BCUT2D eigenvalue weighted by molar-refractivity contribution is 5.78. The van der Waals surface area contributed by atoms with Crippen LogP contribution in [0.1, 0.15) is 38.7 Å². The van der Waals surface area contributed by atoms with Gasteiger partial charge in [-0.1, -0.05) is 74.5 Å². The third-order valence-corrected chi connectivity index (χ3v) is 7.42. The van der Waals surface area contributed by atoms with Crippen LogP contribution in [-0.4, -0.2) is 0 Å². The number of nitriles is 1. The highest BCUT2D eigenvalue weighted by Crippen LogP contribution is 2.50. The monoisotopic (exact) mass is 467 g/mol. The minimum atomic E-state index is 0.0317. The summed E-state index contributed by atoms with van der Waals surface area (Å²) in [6.45, 7) is 11.9. The smallest absolute Gasteiger partial charge is 0.265 e. The molecule has 36 heavy (non-hydrogen) atoms. The molecule has 3 aromatic rings. The van der Waals surface area contributed by atoms with Gasteiger partial charge in [0.25, 0.3) is 5.70 Å². The van der Waals surface area contributed by atoms with E-state index in [4.69, 9.17) is 6.57 Å². The molecule has 0 aromatic heterocycles.